The van der Waals surface area contributed by atoms with Crippen LogP contribution in [0.2, 0.25) is 0 Å². The van der Waals surface area contributed by atoms with Gasteiger partial charge in [0.2, 0.25) is 0 Å². The average molecular weight is 476 g/mol. The number of aromatic nitrogens is 3. The molecule has 1 amide bonds. The Morgan fingerprint density at radius 1 is 1.12 bits per heavy atom. The molecule has 32 heavy (non-hydrogen) atoms. The lowest BCUT2D eigenvalue weighted by molar-refractivity contribution is 0.0927. The predicted octanol–water partition coefficient (Wildman–Crippen LogP) is 3.07. The Morgan fingerprint density at radius 3 is 2.69 bits per heavy atom. The first kappa shape index (κ1) is 24.0. The van der Waals surface area contributed by atoms with E-state index in [-0.39, 0.29) is 42.3 Å². The highest BCUT2D eigenvalue weighted by molar-refractivity contribution is 5.94. The Hall–Kier alpha value is -2.61. The molecule has 3 N–H and O–H groups in total. The lowest BCUT2D eigenvalue weighted by Gasteiger charge is -2.43. The molecule has 1 fully saturated rings. The minimum absolute atomic E-state index is 0. The number of rotatable bonds is 4. The molecule has 5 rings (SSSR count). The number of hydrogen-bond donors (Lipinski definition) is 3. The number of benzene rings is 1. The first-order valence-electron chi connectivity index (χ1n) is 10.4. The molecule has 2 aromatic heterocycles. The van der Waals surface area contributed by atoms with E-state index < -0.39 is 0 Å². The second-order valence-electron chi connectivity index (χ2n) is 8.21. The van der Waals surface area contributed by atoms with Gasteiger partial charge < -0.3 is 20.2 Å². The van der Waals surface area contributed by atoms with Crippen molar-refractivity contribution >= 4 is 30.7 Å². The van der Waals surface area contributed by atoms with Crippen molar-refractivity contribution in [1.82, 2.24) is 25.2 Å². The quantitative estimate of drug-likeness (QED) is 0.540. The number of nitrogens with one attached hydrogen (secondary N) is 3. The van der Waals surface area contributed by atoms with Crippen molar-refractivity contribution in [1.29, 1.82) is 0 Å². The van der Waals surface area contributed by atoms with Crippen molar-refractivity contribution in [2.24, 2.45) is 5.92 Å². The van der Waals surface area contributed by atoms with E-state index in [0.29, 0.717) is 29.9 Å². The van der Waals surface area contributed by atoms with E-state index in [0.717, 1.165) is 36.5 Å². The van der Waals surface area contributed by atoms with E-state index in [9.17, 15) is 9.59 Å². The van der Waals surface area contributed by atoms with Crippen LogP contribution in [0.15, 0.2) is 53.3 Å². The molecule has 170 valence electrons. The zero-order valence-corrected chi connectivity index (χ0v) is 19.3. The molecule has 1 aromatic carbocycles. The van der Waals surface area contributed by atoms with Crippen molar-refractivity contribution in [2.45, 2.75) is 25.3 Å². The lowest BCUT2D eigenvalue weighted by Crippen LogP contribution is -2.50. The van der Waals surface area contributed by atoms with Crippen molar-refractivity contribution in [3.05, 3.63) is 76.0 Å². The zero-order valence-electron chi connectivity index (χ0n) is 17.7. The topological polar surface area (TPSA) is 91.8 Å². The molecular formula is C23H27Cl2N5O2. The summed E-state index contributed by atoms with van der Waals surface area (Å²) in [6.07, 6.45) is 1.04. The molecule has 2 bridgehead atoms. The van der Waals surface area contributed by atoms with E-state index >= 15 is 0 Å². The van der Waals surface area contributed by atoms with Gasteiger partial charge in [0.1, 0.15) is 11.5 Å². The summed E-state index contributed by atoms with van der Waals surface area (Å²) >= 11 is 0. The third-order valence-electron chi connectivity index (χ3n) is 6.32. The van der Waals surface area contributed by atoms with Gasteiger partial charge in [0, 0.05) is 48.6 Å². The number of piperidine rings is 1. The van der Waals surface area contributed by atoms with Gasteiger partial charge in [-0.3, -0.25) is 9.59 Å². The average Bonchev–Trinajstić information content (AvgIpc) is 3.16. The van der Waals surface area contributed by atoms with E-state index in [2.05, 4.69) is 20.6 Å². The Labute approximate surface area is 198 Å². The van der Waals surface area contributed by atoms with E-state index in [1.807, 2.05) is 54.0 Å². The number of carbonyl (C=O) groups is 1. The molecule has 0 radical (unpaired) electrons. The van der Waals surface area contributed by atoms with Crippen LogP contribution >= 0.6 is 24.8 Å². The maximum Gasteiger partial charge on any atom is 0.271 e. The van der Waals surface area contributed by atoms with Crippen LogP contribution in [-0.2, 0) is 0 Å². The van der Waals surface area contributed by atoms with Crippen molar-refractivity contribution in [3.8, 4) is 11.4 Å². The number of carbonyl (C=O) groups excluding carboxylic acids is 1. The van der Waals surface area contributed by atoms with Gasteiger partial charge in [-0.05, 0) is 25.3 Å². The van der Waals surface area contributed by atoms with Crippen LogP contribution < -0.4 is 16.2 Å². The predicted molar refractivity (Wildman–Crippen MR) is 129 cm³/mol. The van der Waals surface area contributed by atoms with Crippen LogP contribution in [0.1, 0.15) is 40.3 Å². The number of aryl methyl sites for hydroxylation is 1. The molecule has 0 saturated carbocycles. The van der Waals surface area contributed by atoms with Crippen LogP contribution in [0.25, 0.3) is 11.4 Å². The summed E-state index contributed by atoms with van der Waals surface area (Å²) in [4.78, 5) is 33.3. The summed E-state index contributed by atoms with van der Waals surface area (Å²) in [5.74, 6) is 1.13. The number of imidazole rings is 1. The Bertz CT molecular complexity index is 1140. The fourth-order valence-corrected chi connectivity index (χ4v) is 4.86. The largest absolute Gasteiger partial charge is 0.349 e. The Balaban J connectivity index is 0.00000144. The molecule has 9 heteroatoms. The normalized spacial score (nSPS) is 21.0. The highest BCUT2D eigenvalue weighted by Crippen LogP contribution is 2.38. The maximum absolute atomic E-state index is 12.9. The van der Waals surface area contributed by atoms with Crippen LogP contribution in [0.5, 0.6) is 0 Å². The number of halogens is 2. The molecule has 1 saturated heterocycles. The minimum Gasteiger partial charge on any atom is -0.349 e. The molecule has 0 unspecified atom stereocenters. The van der Waals surface area contributed by atoms with Crippen LogP contribution in [-0.4, -0.2) is 40.1 Å². The summed E-state index contributed by atoms with van der Waals surface area (Å²) < 4.78 is 1.90. The van der Waals surface area contributed by atoms with E-state index in [1.165, 1.54) is 0 Å². The second-order valence-corrected chi connectivity index (χ2v) is 8.21. The summed E-state index contributed by atoms with van der Waals surface area (Å²) in [7, 11) is 0. The fraction of sp³-hybridized carbons (Fsp3) is 0.348. The van der Waals surface area contributed by atoms with Gasteiger partial charge in [0.15, 0.2) is 0 Å². The highest BCUT2D eigenvalue weighted by Gasteiger charge is 2.37. The Morgan fingerprint density at radius 2 is 1.91 bits per heavy atom. The van der Waals surface area contributed by atoms with E-state index in [1.54, 1.807) is 6.07 Å². The Kier molecular flexibility index (Phi) is 7.44. The van der Waals surface area contributed by atoms with E-state index in [4.69, 9.17) is 0 Å². The highest BCUT2D eigenvalue weighted by atomic mass is 35.5. The number of H-pyrrole nitrogens is 1. The molecule has 3 aromatic rings. The molecule has 0 aliphatic carbocycles. The van der Waals surface area contributed by atoms with Gasteiger partial charge in [0.25, 0.3) is 11.5 Å². The first-order valence-corrected chi connectivity index (χ1v) is 10.4. The minimum atomic E-state index is -0.220. The molecule has 3 atom stereocenters. The van der Waals surface area contributed by atoms with Gasteiger partial charge in [-0.25, -0.2) is 4.98 Å². The van der Waals surface area contributed by atoms with Gasteiger partial charge in [-0.2, -0.15) is 0 Å². The van der Waals surface area contributed by atoms with Crippen molar-refractivity contribution in [3.63, 3.8) is 0 Å². The SMILES string of the molecule is Cc1[nH]c(-c2ccccc2)nc1C(=O)NC[C@H]1[C@@H]2CNC[C@@H](C2)c2cccc(=O)n21.Cl.Cl. The molecule has 4 heterocycles. The number of pyridine rings is 1. The van der Waals surface area contributed by atoms with Crippen LogP contribution in [0.4, 0.5) is 0 Å². The van der Waals surface area contributed by atoms with Crippen LogP contribution in [0, 0.1) is 12.8 Å². The molecular weight excluding hydrogens is 449 g/mol. The third kappa shape index (κ3) is 4.33. The molecule has 2 aliphatic rings. The number of nitrogens with zero attached hydrogens (tertiary/aromatic N) is 2. The molecule has 7 nitrogen and oxygen atoms in total. The summed E-state index contributed by atoms with van der Waals surface area (Å²) in [5.41, 5.74) is 3.13. The number of fused-ring (bicyclic) bond motifs is 4. The van der Waals surface area contributed by atoms with Gasteiger partial charge in [-0.1, -0.05) is 36.4 Å². The summed E-state index contributed by atoms with van der Waals surface area (Å²) in [5, 5.41) is 6.52. The monoisotopic (exact) mass is 475 g/mol. The van der Waals surface area contributed by atoms with Crippen molar-refractivity contribution < 1.29 is 4.79 Å². The lowest BCUT2D eigenvalue weighted by atomic mass is 9.79. The first-order chi connectivity index (χ1) is 14.6. The van der Waals surface area contributed by atoms with Gasteiger partial charge in [-0.15, -0.1) is 24.8 Å². The number of aromatic amines is 1. The third-order valence-corrected chi connectivity index (χ3v) is 6.32. The number of hydrogen-bond acceptors (Lipinski definition) is 4. The van der Waals surface area contributed by atoms with Gasteiger partial charge in [0.05, 0.1) is 6.04 Å². The fourth-order valence-electron chi connectivity index (χ4n) is 4.86. The zero-order chi connectivity index (χ0) is 20.7. The molecule has 0 spiro atoms. The van der Waals surface area contributed by atoms with Gasteiger partial charge >= 0.3 is 0 Å². The van der Waals surface area contributed by atoms with Crippen molar-refractivity contribution in [2.75, 3.05) is 19.6 Å². The number of amides is 1. The summed E-state index contributed by atoms with van der Waals surface area (Å²) in [6, 6.07) is 15.2. The molecule has 2 aliphatic heterocycles. The standard InChI is InChI=1S/C23H25N5O2.2ClH/c1-14-21(27-22(26-14)15-6-3-2-4-7-15)23(30)25-13-19-17-10-16(11-24-12-17)18-8-5-9-20(29)28(18)19;;/h2-9,16-17,19,24H,10-13H2,1H3,(H,25,30)(H,26,27);2*1H/t16-,17+,19+;;/m1../s1. The van der Waals surface area contributed by atoms with Crippen LogP contribution in [0.3, 0.4) is 0 Å². The second kappa shape index (κ2) is 9.90. The maximum atomic E-state index is 12.9. The smallest absolute Gasteiger partial charge is 0.271 e. The summed E-state index contributed by atoms with van der Waals surface area (Å²) in [6.45, 7) is 4.01.